The average molecular weight is 296 g/mol. The predicted octanol–water partition coefficient (Wildman–Crippen LogP) is 2.76. The van der Waals surface area contributed by atoms with E-state index in [-0.39, 0.29) is 11.7 Å². The molecule has 4 nitrogen and oxygen atoms in total. The van der Waals surface area contributed by atoms with Crippen LogP contribution in [0.4, 0.5) is 4.39 Å². The maximum absolute atomic E-state index is 13.2. The summed E-state index contributed by atoms with van der Waals surface area (Å²) < 4.78 is 14.6. The Bertz CT molecular complexity index is 667. The van der Waals surface area contributed by atoms with Gasteiger partial charge in [0.2, 0.25) is 0 Å². The molecule has 6 heteroatoms. The number of aromatic nitrogens is 2. The Balaban J connectivity index is 2.10. The van der Waals surface area contributed by atoms with Crippen LogP contribution in [0.15, 0.2) is 18.2 Å². The molecule has 0 radical (unpaired) electrons. The molecule has 0 saturated heterocycles. The zero-order valence-corrected chi connectivity index (χ0v) is 12.3. The molecule has 1 N–H and O–H groups in total. The van der Waals surface area contributed by atoms with E-state index in [0.717, 1.165) is 5.56 Å². The Morgan fingerprint density at radius 1 is 1.45 bits per heavy atom. The minimum absolute atomic E-state index is 0.258. The maximum Gasteiger partial charge on any atom is 0.256 e. The number of hydrogen-bond donors (Lipinski definition) is 1. The molecule has 0 saturated carbocycles. The highest BCUT2D eigenvalue weighted by molar-refractivity contribution is 6.33. The first-order valence-electron chi connectivity index (χ1n) is 6.12. The van der Waals surface area contributed by atoms with Crippen LogP contribution in [-0.4, -0.2) is 15.7 Å². The third-order valence-corrected chi connectivity index (χ3v) is 3.49. The summed E-state index contributed by atoms with van der Waals surface area (Å²) in [7, 11) is 1.68. The lowest BCUT2D eigenvalue weighted by Crippen LogP contribution is -2.23. The maximum atomic E-state index is 13.2. The van der Waals surface area contributed by atoms with Crippen LogP contribution in [0.3, 0.4) is 0 Å². The topological polar surface area (TPSA) is 46.9 Å². The number of carbonyl (C=O) groups excluding carboxylic acids is 1. The lowest BCUT2D eigenvalue weighted by molar-refractivity contribution is 0.0950. The van der Waals surface area contributed by atoms with E-state index >= 15 is 0 Å². The molecule has 0 atom stereocenters. The van der Waals surface area contributed by atoms with Gasteiger partial charge in [0.1, 0.15) is 11.0 Å². The third kappa shape index (κ3) is 2.82. The third-order valence-electron chi connectivity index (χ3n) is 3.05. The summed E-state index contributed by atoms with van der Waals surface area (Å²) in [5.74, 6) is -0.547. The molecule has 1 aromatic heterocycles. The Hall–Kier alpha value is -1.88. The minimum atomic E-state index is -0.289. The molecule has 20 heavy (non-hydrogen) atoms. The van der Waals surface area contributed by atoms with Crippen LogP contribution in [0.1, 0.15) is 27.2 Å². The molecule has 106 valence electrons. The monoisotopic (exact) mass is 295 g/mol. The van der Waals surface area contributed by atoms with E-state index in [2.05, 4.69) is 10.4 Å². The molecular weight excluding hydrogens is 281 g/mol. The van der Waals surface area contributed by atoms with Crippen molar-refractivity contribution in [2.45, 2.75) is 20.4 Å². The fourth-order valence-corrected chi connectivity index (χ4v) is 2.24. The van der Waals surface area contributed by atoms with E-state index in [4.69, 9.17) is 11.6 Å². The quantitative estimate of drug-likeness (QED) is 0.946. The number of aryl methyl sites for hydroxylation is 3. The van der Waals surface area contributed by atoms with Crippen LogP contribution < -0.4 is 5.32 Å². The highest BCUT2D eigenvalue weighted by Gasteiger charge is 2.18. The van der Waals surface area contributed by atoms with Crippen molar-refractivity contribution in [3.63, 3.8) is 0 Å². The van der Waals surface area contributed by atoms with E-state index in [1.54, 1.807) is 33.0 Å². The summed E-state index contributed by atoms with van der Waals surface area (Å²) in [6.45, 7) is 3.72. The zero-order chi connectivity index (χ0) is 14.9. The van der Waals surface area contributed by atoms with E-state index in [1.165, 1.54) is 10.7 Å². The van der Waals surface area contributed by atoms with Gasteiger partial charge in [-0.2, -0.15) is 5.10 Å². The second-order valence-electron chi connectivity index (χ2n) is 4.64. The number of carbonyl (C=O) groups is 1. The van der Waals surface area contributed by atoms with Crippen molar-refractivity contribution < 1.29 is 9.18 Å². The summed E-state index contributed by atoms with van der Waals surface area (Å²) >= 11 is 6.03. The number of rotatable bonds is 3. The number of hydrogen-bond acceptors (Lipinski definition) is 2. The van der Waals surface area contributed by atoms with Crippen molar-refractivity contribution in [1.29, 1.82) is 0 Å². The Morgan fingerprint density at radius 3 is 2.70 bits per heavy atom. The first-order valence-corrected chi connectivity index (χ1v) is 6.50. The lowest BCUT2D eigenvalue weighted by Gasteiger charge is -2.06. The van der Waals surface area contributed by atoms with E-state index < -0.39 is 0 Å². The number of benzene rings is 1. The van der Waals surface area contributed by atoms with Gasteiger partial charge < -0.3 is 5.32 Å². The predicted molar refractivity (Wildman–Crippen MR) is 75.3 cm³/mol. The molecule has 0 aliphatic heterocycles. The number of nitrogens with zero attached hydrogens (tertiary/aromatic N) is 2. The standard InChI is InChI=1S/C14H15ClFN3O/c1-8-6-10(4-5-11(8)16)7-17-14(20)12-9(2)18-19(3)13(12)15/h4-6H,7H2,1-3H3,(H,17,20). The number of amides is 1. The summed E-state index contributed by atoms with van der Waals surface area (Å²) in [6, 6.07) is 4.73. The van der Waals surface area contributed by atoms with Gasteiger partial charge in [0, 0.05) is 13.6 Å². The summed E-state index contributed by atoms with van der Waals surface area (Å²) in [4.78, 5) is 12.1. The molecule has 1 heterocycles. The normalized spacial score (nSPS) is 10.7. The first kappa shape index (κ1) is 14.5. The van der Waals surface area contributed by atoms with E-state index in [1.807, 2.05) is 0 Å². The highest BCUT2D eigenvalue weighted by atomic mass is 35.5. The van der Waals surface area contributed by atoms with Crippen molar-refractivity contribution in [3.8, 4) is 0 Å². The van der Waals surface area contributed by atoms with Crippen LogP contribution in [0.2, 0.25) is 5.15 Å². The van der Waals surface area contributed by atoms with Gasteiger partial charge in [-0.1, -0.05) is 23.7 Å². The summed E-state index contributed by atoms with van der Waals surface area (Å²) in [5.41, 5.74) is 2.32. The van der Waals surface area contributed by atoms with E-state index in [9.17, 15) is 9.18 Å². The van der Waals surface area contributed by atoms with Gasteiger partial charge in [-0.05, 0) is 31.0 Å². The van der Waals surface area contributed by atoms with Gasteiger partial charge in [0.05, 0.1) is 11.3 Å². The molecule has 2 rings (SSSR count). The molecule has 1 amide bonds. The van der Waals surface area contributed by atoms with Crippen molar-refractivity contribution in [3.05, 3.63) is 51.6 Å². The highest BCUT2D eigenvalue weighted by Crippen LogP contribution is 2.18. The average Bonchev–Trinajstić information content (AvgIpc) is 2.64. The fraction of sp³-hybridized carbons (Fsp3) is 0.286. The molecule has 0 aliphatic carbocycles. The molecule has 2 aromatic rings. The second-order valence-corrected chi connectivity index (χ2v) is 5.00. The van der Waals surface area contributed by atoms with Crippen molar-refractivity contribution in [2.24, 2.45) is 7.05 Å². The van der Waals surface area contributed by atoms with Gasteiger partial charge >= 0.3 is 0 Å². The molecular formula is C14H15ClFN3O. The largest absolute Gasteiger partial charge is 0.348 e. The van der Waals surface area contributed by atoms with Gasteiger partial charge in [-0.15, -0.1) is 0 Å². The van der Waals surface area contributed by atoms with Crippen LogP contribution in [0.25, 0.3) is 0 Å². The molecule has 0 aliphatic rings. The van der Waals surface area contributed by atoms with Crippen LogP contribution in [-0.2, 0) is 13.6 Å². The smallest absolute Gasteiger partial charge is 0.256 e. The van der Waals surface area contributed by atoms with Crippen LogP contribution in [0.5, 0.6) is 0 Å². The molecule has 0 fully saturated rings. The number of nitrogens with one attached hydrogen (secondary N) is 1. The van der Waals surface area contributed by atoms with Gasteiger partial charge in [-0.25, -0.2) is 4.39 Å². The first-order chi connectivity index (χ1) is 9.40. The van der Waals surface area contributed by atoms with Crippen molar-refractivity contribution >= 4 is 17.5 Å². The van der Waals surface area contributed by atoms with Crippen LogP contribution in [0, 0.1) is 19.7 Å². The molecule has 0 spiro atoms. The Morgan fingerprint density at radius 2 is 2.15 bits per heavy atom. The molecule has 1 aromatic carbocycles. The Kier molecular flexibility index (Phi) is 4.09. The van der Waals surface area contributed by atoms with Crippen LogP contribution >= 0.6 is 11.6 Å². The lowest BCUT2D eigenvalue weighted by atomic mass is 10.1. The SMILES string of the molecule is Cc1cc(CNC(=O)c2c(C)nn(C)c2Cl)ccc1F. The minimum Gasteiger partial charge on any atom is -0.348 e. The van der Waals surface area contributed by atoms with Gasteiger partial charge in [0.25, 0.3) is 5.91 Å². The summed E-state index contributed by atoms with van der Waals surface area (Å²) in [5, 5.41) is 7.15. The summed E-state index contributed by atoms with van der Waals surface area (Å²) in [6.07, 6.45) is 0. The fourth-order valence-electron chi connectivity index (χ4n) is 1.98. The van der Waals surface area contributed by atoms with Gasteiger partial charge in [0.15, 0.2) is 0 Å². The Labute approximate surface area is 121 Å². The zero-order valence-electron chi connectivity index (χ0n) is 11.5. The van der Waals surface area contributed by atoms with Crippen molar-refractivity contribution in [1.82, 2.24) is 15.1 Å². The molecule has 0 bridgehead atoms. The number of halogens is 2. The van der Waals surface area contributed by atoms with Gasteiger partial charge in [-0.3, -0.25) is 9.48 Å². The second kappa shape index (κ2) is 5.63. The van der Waals surface area contributed by atoms with Crippen molar-refractivity contribution in [2.75, 3.05) is 0 Å². The molecule has 0 unspecified atom stereocenters. The van der Waals surface area contributed by atoms with E-state index in [0.29, 0.717) is 28.5 Å².